The van der Waals surface area contributed by atoms with Crippen LogP contribution in [0.2, 0.25) is 0 Å². The van der Waals surface area contributed by atoms with Crippen LogP contribution < -0.4 is 16.0 Å². The van der Waals surface area contributed by atoms with Gasteiger partial charge in [0.2, 0.25) is 5.54 Å². The first-order chi connectivity index (χ1) is 22.6. The van der Waals surface area contributed by atoms with Crippen molar-refractivity contribution in [2.75, 3.05) is 40.5 Å². The third kappa shape index (κ3) is 10.9. The number of alkyl carbamates (subject to hydrolysis) is 2. The van der Waals surface area contributed by atoms with Gasteiger partial charge in [0.25, 0.3) is 5.91 Å². The number of nitrogens with zero attached hydrogens (tertiary/aromatic N) is 1. The van der Waals surface area contributed by atoms with Crippen molar-refractivity contribution < 1.29 is 78.9 Å². The van der Waals surface area contributed by atoms with Gasteiger partial charge >= 0.3 is 12.2 Å². The summed E-state index contributed by atoms with van der Waals surface area (Å²) >= 11 is 0. The van der Waals surface area contributed by atoms with Crippen molar-refractivity contribution in [3.05, 3.63) is 40.6 Å². The summed E-state index contributed by atoms with van der Waals surface area (Å²) in [6.45, 7) is -1.49. The molecule has 0 radical (unpaired) electrons. The molecule has 1 aromatic rings. The molecule has 9 atom stereocenters. The van der Waals surface area contributed by atoms with Crippen molar-refractivity contribution >= 4 is 24.3 Å². The fourth-order valence-electron chi connectivity index (χ4n) is 4.23. The zero-order valence-corrected chi connectivity index (χ0v) is 26.4. The predicted molar refractivity (Wildman–Crippen MR) is 160 cm³/mol. The van der Waals surface area contributed by atoms with Gasteiger partial charge in [0, 0.05) is 33.1 Å². The van der Waals surface area contributed by atoms with E-state index in [4.69, 9.17) is 18.9 Å². The molecule has 0 saturated carbocycles. The largest absolute Gasteiger partial charge is 0.623 e. The molecule has 1 heterocycles. The Labute approximate surface area is 274 Å². The highest BCUT2D eigenvalue weighted by molar-refractivity contribution is 5.81. The van der Waals surface area contributed by atoms with Crippen molar-refractivity contribution in [3.63, 3.8) is 0 Å². The number of carbonyl (C=O) groups is 3. The number of hydrogen-bond donors (Lipinski definition) is 11. The van der Waals surface area contributed by atoms with Crippen molar-refractivity contribution in [1.82, 2.24) is 16.0 Å². The zero-order valence-electron chi connectivity index (χ0n) is 26.4. The Morgan fingerprint density at radius 3 is 2.04 bits per heavy atom. The average molecular weight is 693 g/mol. The Morgan fingerprint density at radius 2 is 1.54 bits per heavy atom. The Balaban J connectivity index is 2.08. The second kappa shape index (κ2) is 18.7. The molecule has 1 aliphatic heterocycles. The molecular formula is C28H44N4O16. The number of rotatable bonds is 16. The van der Waals surface area contributed by atoms with E-state index in [0.717, 1.165) is 6.21 Å². The lowest BCUT2D eigenvalue weighted by atomic mass is 9.98. The smallest absolute Gasteiger partial charge is 0.407 e. The minimum Gasteiger partial charge on any atom is -0.623 e. The van der Waals surface area contributed by atoms with Gasteiger partial charge in [0.1, 0.15) is 42.7 Å². The molecular weight excluding hydrogens is 648 g/mol. The molecule has 1 aromatic carbocycles. The average Bonchev–Trinajstić information content (AvgIpc) is 3.09. The van der Waals surface area contributed by atoms with Gasteiger partial charge < -0.3 is 81.0 Å². The van der Waals surface area contributed by atoms with Crippen LogP contribution in [-0.2, 0) is 30.3 Å². The van der Waals surface area contributed by atoms with Crippen LogP contribution in [0.15, 0.2) is 24.3 Å². The number of carbonyl (C=O) groups excluding carboxylic acids is 3. The molecule has 20 nitrogen and oxygen atoms in total. The summed E-state index contributed by atoms with van der Waals surface area (Å²) in [5, 5.41) is 100. The molecule has 0 aromatic heterocycles. The summed E-state index contributed by atoms with van der Waals surface area (Å²) in [7, 11) is 2.66. The highest BCUT2D eigenvalue weighted by Crippen LogP contribution is 2.25. The van der Waals surface area contributed by atoms with Crippen LogP contribution in [0.1, 0.15) is 18.1 Å². The predicted octanol–water partition coefficient (Wildman–Crippen LogP) is -5.04. The number of hydrogen-bond acceptors (Lipinski definition) is 16. The SMILES string of the molecule is CNC(=O)OCC(C)(COC(=O)NC)/[N+]([O-])=C/c1ccc(CNC(=O)C(O)C(O)[C@H](O[C@@H]2OC(CO)[C@H](O)C(O)C2O)C(O)CO)cc1. The van der Waals surface area contributed by atoms with E-state index in [2.05, 4.69) is 16.0 Å². The lowest BCUT2D eigenvalue weighted by Crippen LogP contribution is -2.62. The third-order valence-corrected chi connectivity index (χ3v) is 7.32. The topological polar surface area (TPSA) is 312 Å². The Kier molecular flexibility index (Phi) is 15.8. The van der Waals surface area contributed by atoms with Gasteiger partial charge in [-0.15, -0.1) is 0 Å². The van der Waals surface area contributed by atoms with Gasteiger partial charge in [-0.3, -0.25) is 4.79 Å². The minimum atomic E-state index is -2.26. The van der Waals surface area contributed by atoms with Gasteiger partial charge in [-0.1, -0.05) is 12.1 Å². The minimum absolute atomic E-state index is 0.192. The lowest BCUT2D eigenvalue weighted by Gasteiger charge is -2.42. The maximum absolute atomic E-state index is 13.0. The molecule has 48 heavy (non-hydrogen) atoms. The number of ether oxygens (including phenoxy) is 4. The van der Waals surface area contributed by atoms with Crippen LogP contribution in [0.5, 0.6) is 0 Å². The maximum Gasteiger partial charge on any atom is 0.407 e. The quantitative estimate of drug-likeness (QED) is 0.0334. The number of aliphatic hydroxyl groups excluding tert-OH is 8. The molecule has 3 amide bonds. The second-order valence-electron chi connectivity index (χ2n) is 11.0. The van der Waals surface area contributed by atoms with E-state index in [1.807, 2.05) is 0 Å². The van der Waals surface area contributed by atoms with Crippen LogP contribution in [0.4, 0.5) is 9.59 Å². The van der Waals surface area contributed by atoms with E-state index in [0.29, 0.717) is 15.9 Å². The highest BCUT2D eigenvalue weighted by Gasteiger charge is 2.47. The molecule has 0 aliphatic carbocycles. The fraction of sp³-hybridized carbons (Fsp3) is 0.643. The van der Waals surface area contributed by atoms with Gasteiger partial charge in [0.05, 0.1) is 13.2 Å². The first-order valence-corrected chi connectivity index (χ1v) is 14.6. The summed E-state index contributed by atoms with van der Waals surface area (Å²) in [6.07, 6.45) is -17.6. The number of aliphatic hydroxyl groups is 8. The molecule has 2 rings (SSSR count). The van der Waals surface area contributed by atoms with E-state index < -0.39 is 105 Å². The Bertz CT molecular complexity index is 1200. The van der Waals surface area contributed by atoms with Crippen LogP contribution in [-0.4, -0.2) is 171 Å². The highest BCUT2D eigenvalue weighted by atomic mass is 16.7. The summed E-state index contributed by atoms with van der Waals surface area (Å²) in [5.74, 6) is -1.14. The molecule has 0 bridgehead atoms. The summed E-state index contributed by atoms with van der Waals surface area (Å²) < 4.78 is 20.9. The van der Waals surface area contributed by atoms with Crippen LogP contribution in [0, 0.1) is 5.21 Å². The number of benzene rings is 1. The van der Waals surface area contributed by atoms with Gasteiger partial charge in [-0.25, -0.2) is 9.59 Å². The zero-order chi connectivity index (χ0) is 36.2. The molecule has 20 heteroatoms. The third-order valence-electron chi connectivity index (χ3n) is 7.32. The Morgan fingerprint density at radius 1 is 0.979 bits per heavy atom. The molecule has 1 saturated heterocycles. The summed E-state index contributed by atoms with van der Waals surface area (Å²) in [5.41, 5.74) is -0.679. The van der Waals surface area contributed by atoms with Crippen molar-refractivity contribution in [2.45, 2.75) is 74.1 Å². The molecule has 0 spiro atoms. The molecule has 11 N–H and O–H groups in total. The monoisotopic (exact) mass is 692 g/mol. The first-order valence-electron chi connectivity index (χ1n) is 14.6. The maximum atomic E-state index is 13.0. The molecule has 272 valence electrons. The standard InChI is InChI=1S/C28H44N4O16/c1-28(12-45-26(42)29-2,13-46-27(43)30-3)32(44)9-15-6-4-14(5-7-15)8-31-24(41)21(39)20(38)23(16(35)10-33)48-25-22(40)19(37)18(36)17(11-34)47-25/h4-7,9,16-23,25,33-40H,8,10-13H2,1-3H3,(H,29,42)(H,30,43)(H,31,41)/b32-9-/t16?,17?,18-,19?,20?,21?,22?,23+,25-/m0/s1. The van der Waals surface area contributed by atoms with E-state index >= 15 is 0 Å². The number of hydroxylamine groups is 1. The number of amides is 3. The van der Waals surface area contributed by atoms with Crippen molar-refractivity contribution in [3.8, 4) is 0 Å². The van der Waals surface area contributed by atoms with Gasteiger partial charge in [-0.2, -0.15) is 4.74 Å². The van der Waals surface area contributed by atoms with Gasteiger partial charge in [0.15, 0.2) is 31.8 Å². The van der Waals surface area contributed by atoms with Gasteiger partial charge in [-0.05, 0) is 17.7 Å². The first kappa shape index (κ1) is 40.5. The lowest BCUT2D eigenvalue weighted by molar-refractivity contribution is -0.547. The fourth-order valence-corrected chi connectivity index (χ4v) is 4.23. The van der Waals surface area contributed by atoms with E-state index in [9.17, 15) is 60.4 Å². The summed E-state index contributed by atoms with van der Waals surface area (Å²) in [6, 6.07) is 6.03. The number of nitrogens with one attached hydrogen (secondary N) is 3. The van der Waals surface area contributed by atoms with Crippen molar-refractivity contribution in [2.24, 2.45) is 0 Å². The molecule has 1 fully saturated rings. The van der Waals surface area contributed by atoms with Crippen LogP contribution in [0.25, 0.3) is 0 Å². The normalized spacial score (nSPS) is 24.1. The van der Waals surface area contributed by atoms with Crippen LogP contribution in [0.3, 0.4) is 0 Å². The Hall–Kier alpha value is -3.70. The molecule has 1 aliphatic rings. The molecule has 6 unspecified atom stereocenters. The summed E-state index contributed by atoms with van der Waals surface area (Å²) in [4.78, 5) is 35.8. The van der Waals surface area contributed by atoms with E-state index in [-0.39, 0.29) is 6.54 Å². The second-order valence-corrected chi connectivity index (χ2v) is 11.0. The van der Waals surface area contributed by atoms with Crippen LogP contribution >= 0.6 is 0 Å². The van der Waals surface area contributed by atoms with E-state index in [1.54, 1.807) is 0 Å². The van der Waals surface area contributed by atoms with E-state index in [1.165, 1.54) is 45.3 Å². The van der Waals surface area contributed by atoms with Crippen molar-refractivity contribution in [1.29, 1.82) is 0 Å².